The highest BCUT2D eigenvalue weighted by atomic mass is 16.5. The van der Waals surface area contributed by atoms with Crippen molar-refractivity contribution in [2.24, 2.45) is 34.5 Å². The minimum Gasteiger partial charge on any atom is -0.462 e. The van der Waals surface area contributed by atoms with Gasteiger partial charge in [-0.25, -0.2) is 0 Å². The van der Waals surface area contributed by atoms with Crippen molar-refractivity contribution in [2.75, 3.05) is 0 Å². The van der Waals surface area contributed by atoms with Gasteiger partial charge in [-0.1, -0.05) is 27.7 Å². The van der Waals surface area contributed by atoms with Crippen LogP contribution in [0.5, 0.6) is 0 Å². The molecule has 0 saturated heterocycles. The Balaban J connectivity index is 1.97. The summed E-state index contributed by atoms with van der Waals surface area (Å²) in [6.45, 7) is 11.2. The third kappa shape index (κ3) is 1.64. The Morgan fingerprint density at radius 3 is 2.47 bits per heavy atom. The van der Waals surface area contributed by atoms with E-state index in [1.165, 1.54) is 19.3 Å². The first kappa shape index (κ1) is 13.5. The smallest absolute Gasteiger partial charge is 0.302 e. The van der Waals surface area contributed by atoms with Crippen LogP contribution in [0.2, 0.25) is 0 Å². The fourth-order valence-electron chi connectivity index (χ4n) is 6.19. The third-order valence-electron chi connectivity index (χ3n) is 7.14. The molecule has 0 aromatic heterocycles. The number of carbonyl (C=O) groups excluding carboxylic acids is 1. The first-order chi connectivity index (χ1) is 8.79. The molecule has 3 aliphatic carbocycles. The summed E-state index contributed by atoms with van der Waals surface area (Å²) in [4.78, 5) is 11.4. The minimum absolute atomic E-state index is 0.102. The molecular weight excluding hydrogens is 236 g/mol. The molecule has 2 bridgehead atoms. The van der Waals surface area contributed by atoms with E-state index in [9.17, 15) is 4.79 Å². The summed E-state index contributed by atoms with van der Waals surface area (Å²) < 4.78 is 5.69. The quantitative estimate of drug-likeness (QED) is 0.668. The van der Waals surface area contributed by atoms with Gasteiger partial charge in [0.25, 0.3) is 0 Å². The van der Waals surface area contributed by atoms with Crippen LogP contribution in [0.15, 0.2) is 0 Å². The molecule has 0 aliphatic heterocycles. The van der Waals surface area contributed by atoms with Gasteiger partial charge in [0.1, 0.15) is 6.10 Å². The van der Waals surface area contributed by atoms with Crippen molar-refractivity contribution in [1.29, 1.82) is 0 Å². The second-order valence-corrected chi connectivity index (χ2v) is 8.11. The van der Waals surface area contributed by atoms with Crippen molar-refractivity contribution in [3.05, 3.63) is 0 Å². The second kappa shape index (κ2) is 3.99. The van der Waals surface area contributed by atoms with E-state index in [1.807, 2.05) is 0 Å². The SMILES string of the molecule is CC(=O)O[C@@H]1C[C@@]23C[C@H]([C@H]1C)C(C)(C)[C@@H]2CC[C@H]3C. The van der Waals surface area contributed by atoms with Crippen molar-refractivity contribution in [3.8, 4) is 0 Å². The summed E-state index contributed by atoms with van der Waals surface area (Å²) in [5, 5.41) is 0. The highest BCUT2D eigenvalue weighted by Crippen LogP contribution is 2.72. The maximum atomic E-state index is 11.4. The van der Waals surface area contributed by atoms with Gasteiger partial charge in [-0.3, -0.25) is 4.79 Å². The lowest BCUT2D eigenvalue weighted by Gasteiger charge is -2.43. The molecular formula is C17H28O2. The maximum absolute atomic E-state index is 11.4. The van der Waals surface area contributed by atoms with Crippen molar-refractivity contribution in [2.45, 2.75) is 66.4 Å². The van der Waals surface area contributed by atoms with E-state index in [4.69, 9.17) is 4.74 Å². The number of hydrogen-bond acceptors (Lipinski definition) is 2. The van der Waals surface area contributed by atoms with Crippen molar-refractivity contribution >= 4 is 5.97 Å². The fraction of sp³-hybridized carbons (Fsp3) is 0.941. The van der Waals surface area contributed by atoms with Crippen molar-refractivity contribution < 1.29 is 9.53 Å². The van der Waals surface area contributed by atoms with Crippen molar-refractivity contribution in [1.82, 2.24) is 0 Å². The summed E-state index contributed by atoms with van der Waals surface area (Å²) >= 11 is 0. The highest BCUT2D eigenvalue weighted by Gasteiger charge is 2.67. The molecule has 0 amide bonds. The molecule has 3 aliphatic rings. The van der Waals surface area contributed by atoms with Crippen LogP contribution < -0.4 is 0 Å². The zero-order valence-electron chi connectivity index (χ0n) is 13.0. The third-order valence-corrected chi connectivity index (χ3v) is 7.14. The first-order valence-electron chi connectivity index (χ1n) is 7.96. The van der Waals surface area contributed by atoms with Gasteiger partial charge in [-0.15, -0.1) is 0 Å². The monoisotopic (exact) mass is 264 g/mol. The van der Waals surface area contributed by atoms with E-state index in [1.54, 1.807) is 6.92 Å². The molecule has 0 aromatic rings. The Morgan fingerprint density at radius 2 is 1.84 bits per heavy atom. The van der Waals surface area contributed by atoms with Crippen LogP contribution in [0.3, 0.4) is 0 Å². The van der Waals surface area contributed by atoms with E-state index < -0.39 is 0 Å². The molecule has 1 spiro atoms. The largest absolute Gasteiger partial charge is 0.462 e. The molecule has 2 nitrogen and oxygen atoms in total. The number of esters is 1. The van der Waals surface area contributed by atoms with Crippen LogP contribution in [0, 0.1) is 34.5 Å². The summed E-state index contributed by atoms with van der Waals surface area (Å²) in [5.74, 6) is 2.77. The van der Waals surface area contributed by atoms with E-state index in [2.05, 4.69) is 27.7 Å². The number of rotatable bonds is 1. The van der Waals surface area contributed by atoms with Crippen LogP contribution in [0.25, 0.3) is 0 Å². The van der Waals surface area contributed by atoms with Crippen LogP contribution in [-0.2, 0) is 9.53 Å². The maximum Gasteiger partial charge on any atom is 0.302 e. The van der Waals surface area contributed by atoms with Gasteiger partial charge in [0.05, 0.1) is 0 Å². The molecule has 6 atom stereocenters. The van der Waals surface area contributed by atoms with Gasteiger partial charge >= 0.3 is 5.97 Å². The molecule has 0 radical (unpaired) electrons. The minimum atomic E-state index is -0.102. The lowest BCUT2D eigenvalue weighted by atomic mass is 9.64. The molecule has 19 heavy (non-hydrogen) atoms. The molecule has 2 heteroatoms. The van der Waals surface area contributed by atoms with Gasteiger partial charge in [0, 0.05) is 6.92 Å². The summed E-state index contributed by atoms with van der Waals surface area (Å²) in [5.41, 5.74) is 0.875. The number of fused-ring (bicyclic) bond motifs is 1. The van der Waals surface area contributed by atoms with E-state index in [0.717, 1.165) is 24.2 Å². The lowest BCUT2D eigenvalue weighted by molar-refractivity contribution is -0.155. The lowest BCUT2D eigenvalue weighted by Crippen LogP contribution is -2.41. The second-order valence-electron chi connectivity index (χ2n) is 8.11. The van der Waals surface area contributed by atoms with Crippen LogP contribution >= 0.6 is 0 Å². The van der Waals surface area contributed by atoms with Gasteiger partial charge in [0.15, 0.2) is 0 Å². The Hall–Kier alpha value is -0.530. The molecule has 3 rings (SSSR count). The van der Waals surface area contributed by atoms with E-state index in [0.29, 0.717) is 16.7 Å². The summed E-state index contributed by atoms with van der Waals surface area (Å²) in [6.07, 6.45) is 5.37. The Labute approximate surface area is 117 Å². The molecule has 3 saturated carbocycles. The number of hydrogen-bond donors (Lipinski definition) is 0. The van der Waals surface area contributed by atoms with Crippen LogP contribution in [0.4, 0.5) is 0 Å². The standard InChI is InChI=1S/C17H28O2/c1-10-6-7-15-16(4,5)13-8-17(10,15)9-14(11(13)2)19-12(3)18/h10-11,13-15H,6-9H2,1-5H3/t10-,11-,13-,14-,15+,17-/m1/s1. The molecule has 0 heterocycles. The molecule has 0 N–H and O–H groups in total. The molecule has 0 unspecified atom stereocenters. The zero-order chi connectivity index (χ0) is 14.0. The Kier molecular flexibility index (Phi) is 2.82. The fourth-order valence-corrected chi connectivity index (χ4v) is 6.19. The first-order valence-corrected chi connectivity index (χ1v) is 7.96. The van der Waals surface area contributed by atoms with Gasteiger partial charge in [0.2, 0.25) is 0 Å². The average molecular weight is 264 g/mol. The van der Waals surface area contributed by atoms with Crippen LogP contribution in [0.1, 0.15) is 60.3 Å². The normalized spacial score (nSPS) is 50.9. The van der Waals surface area contributed by atoms with E-state index in [-0.39, 0.29) is 12.1 Å². The van der Waals surface area contributed by atoms with Crippen LogP contribution in [-0.4, -0.2) is 12.1 Å². The predicted octanol–water partition coefficient (Wildman–Crippen LogP) is 4.04. The number of carbonyl (C=O) groups is 1. The average Bonchev–Trinajstić information content (AvgIpc) is 2.70. The van der Waals surface area contributed by atoms with Gasteiger partial charge in [-0.05, 0) is 60.2 Å². The summed E-state index contributed by atoms with van der Waals surface area (Å²) in [6, 6.07) is 0. The Bertz CT molecular complexity index is 400. The molecule has 108 valence electrons. The van der Waals surface area contributed by atoms with Crippen molar-refractivity contribution in [3.63, 3.8) is 0 Å². The Morgan fingerprint density at radius 1 is 1.16 bits per heavy atom. The molecule has 3 fully saturated rings. The predicted molar refractivity (Wildman–Crippen MR) is 75.5 cm³/mol. The van der Waals surface area contributed by atoms with Gasteiger partial charge < -0.3 is 4.74 Å². The zero-order valence-corrected chi connectivity index (χ0v) is 13.0. The highest BCUT2D eigenvalue weighted by molar-refractivity contribution is 5.66. The number of ether oxygens (including phenoxy) is 1. The topological polar surface area (TPSA) is 26.3 Å². The summed E-state index contributed by atoms with van der Waals surface area (Å²) in [7, 11) is 0. The molecule has 0 aromatic carbocycles. The van der Waals surface area contributed by atoms with Gasteiger partial charge in [-0.2, -0.15) is 0 Å². The van der Waals surface area contributed by atoms with E-state index >= 15 is 0 Å².